The van der Waals surface area contributed by atoms with E-state index in [-0.39, 0.29) is 6.10 Å². The van der Waals surface area contributed by atoms with Crippen LogP contribution in [0.5, 0.6) is 0 Å². The Bertz CT molecular complexity index is 128. The van der Waals surface area contributed by atoms with E-state index in [9.17, 15) is 5.11 Å². The first kappa shape index (κ1) is 12.0. The van der Waals surface area contributed by atoms with Crippen molar-refractivity contribution in [1.29, 1.82) is 0 Å². The molecule has 84 valence electrons. The summed E-state index contributed by atoms with van der Waals surface area (Å²) >= 11 is 0. The van der Waals surface area contributed by atoms with Gasteiger partial charge in [-0.1, -0.05) is 32.6 Å². The predicted molar refractivity (Wildman–Crippen MR) is 60.4 cm³/mol. The second-order valence-corrected chi connectivity index (χ2v) is 4.48. The molecule has 1 aliphatic heterocycles. The molecule has 14 heavy (non-hydrogen) atoms. The summed E-state index contributed by atoms with van der Waals surface area (Å²) in [6.45, 7) is 5.32. The molecule has 0 aromatic carbocycles. The van der Waals surface area contributed by atoms with Crippen molar-refractivity contribution in [3.63, 3.8) is 0 Å². The molecule has 0 bridgehead atoms. The quantitative estimate of drug-likeness (QED) is 0.754. The third kappa shape index (κ3) is 4.97. The van der Waals surface area contributed by atoms with Crippen LogP contribution in [0.3, 0.4) is 0 Å². The van der Waals surface area contributed by atoms with Crippen LogP contribution in [0, 0.1) is 0 Å². The molecule has 0 spiro atoms. The monoisotopic (exact) mass is 199 g/mol. The third-order valence-corrected chi connectivity index (χ3v) is 3.14. The van der Waals surface area contributed by atoms with Crippen LogP contribution in [0.4, 0.5) is 0 Å². The average Bonchev–Trinajstić information content (AvgIpc) is 2.31. The molecule has 0 aliphatic carbocycles. The molecule has 0 aromatic heterocycles. The Hall–Kier alpha value is -0.0800. The largest absolute Gasteiger partial charge is 0.392 e. The van der Waals surface area contributed by atoms with Crippen molar-refractivity contribution in [1.82, 2.24) is 4.90 Å². The smallest absolute Gasteiger partial charge is 0.0664 e. The molecule has 1 fully saturated rings. The zero-order chi connectivity index (χ0) is 10.2. The summed E-state index contributed by atoms with van der Waals surface area (Å²) in [5, 5.41) is 9.60. The van der Waals surface area contributed by atoms with Gasteiger partial charge in [0.05, 0.1) is 6.10 Å². The summed E-state index contributed by atoms with van der Waals surface area (Å²) in [6, 6.07) is 0. The fraction of sp³-hybridized carbons (Fsp3) is 1.00. The summed E-state index contributed by atoms with van der Waals surface area (Å²) in [4.78, 5) is 2.44. The van der Waals surface area contributed by atoms with Gasteiger partial charge in [0.25, 0.3) is 0 Å². The van der Waals surface area contributed by atoms with Crippen molar-refractivity contribution < 1.29 is 5.11 Å². The van der Waals surface area contributed by atoms with E-state index in [4.69, 9.17) is 0 Å². The van der Waals surface area contributed by atoms with Gasteiger partial charge in [-0.2, -0.15) is 0 Å². The highest BCUT2D eigenvalue weighted by Gasteiger charge is 2.10. The van der Waals surface area contributed by atoms with E-state index in [1.165, 1.54) is 51.6 Å². The summed E-state index contributed by atoms with van der Waals surface area (Å²) in [6.07, 6.45) is 8.96. The summed E-state index contributed by atoms with van der Waals surface area (Å²) in [7, 11) is 0. The molecule has 2 nitrogen and oxygen atoms in total. The summed E-state index contributed by atoms with van der Waals surface area (Å²) < 4.78 is 0. The topological polar surface area (TPSA) is 23.5 Å². The highest BCUT2D eigenvalue weighted by atomic mass is 16.3. The average molecular weight is 199 g/mol. The lowest BCUT2D eigenvalue weighted by Gasteiger charge is -2.23. The highest BCUT2D eigenvalue weighted by Crippen LogP contribution is 2.11. The van der Waals surface area contributed by atoms with Gasteiger partial charge >= 0.3 is 0 Å². The van der Waals surface area contributed by atoms with Crippen LogP contribution in [-0.2, 0) is 0 Å². The number of aliphatic hydroxyl groups excluding tert-OH is 1. The molecule has 1 rings (SSSR count). The Balaban J connectivity index is 2.25. The van der Waals surface area contributed by atoms with E-state index >= 15 is 0 Å². The van der Waals surface area contributed by atoms with Gasteiger partial charge in [-0.05, 0) is 32.4 Å². The van der Waals surface area contributed by atoms with Crippen LogP contribution in [0.2, 0.25) is 0 Å². The molecule has 0 unspecified atom stereocenters. The third-order valence-electron chi connectivity index (χ3n) is 3.14. The lowest BCUT2D eigenvalue weighted by Crippen LogP contribution is -2.33. The van der Waals surface area contributed by atoms with Crippen LogP contribution in [0.25, 0.3) is 0 Å². The predicted octanol–water partition coefficient (Wildman–Crippen LogP) is 2.41. The molecule has 2 heteroatoms. The number of rotatable bonds is 3. The highest BCUT2D eigenvalue weighted by molar-refractivity contribution is 4.65. The summed E-state index contributed by atoms with van der Waals surface area (Å²) in [5.41, 5.74) is 0. The Kier molecular flexibility index (Phi) is 6.20. The molecule has 1 saturated heterocycles. The second kappa shape index (κ2) is 7.24. The van der Waals surface area contributed by atoms with E-state index in [2.05, 4.69) is 11.8 Å². The minimum absolute atomic E-state index is 0.115. The Morgan fingerprint density at radius 1 is 1.00 bits per heavy atom. The van der Waals surface area contributed by atoms with Crippen molar-refractivity contribution in [2.45, 2.75) is 58.0 Å². The maximum Gasteiger partial charge on any atom is 0.0664 e. The van der Waals surface area contributed by atoms with Gasteiger partial charge in [0.15, 0.2) is 0 Å². The Morgan fingerprint density at radius 3 is 2.00 bits per heavy atom. The number of nitrogens with zero attached hydrogens (tertiary/aromatic N) is 1. The standard InChI is InChI=1S/C12H25NO/c1-2-12(14)11-13-9-7-5-3-4-6-8-10-13/h12,14H,2-11H2,1H3/t12-/m1/s1. The molecule has 1 N–H and O–H groups in total. The molecular weight excluding hydrogens is 174 g/mol. The maximum atomic E-state index is 9.60. The summed E-state index contributed by atoms with van der Waals surface area (Å²) in [5.74, 6) is 0. The fourth-order valence-corrected chi connectivity index (χ4v) is 2.10. The second-order valence-electron chi connectivity index (χ2n) is 4.48. The van der Waals surface area contributed by atoms with E-state index in [1.54, 1.807) is 0 Å². The van der Waals surface area contributed by atoms with Gasteiger partial charge in [0.1, 0.15) is 0 Å². The van der Waals surface area contributed by atoms with Gasteiger partial charge in [-0.3, -0.25) is 0 Å². The van der Waals surface area contributed by atoms with Crippen LogP contribution < -0.4 is 0 Å². The molecule has 1 atom stereocenters. The first-order valence-corrected chi connectivity index (χ1v) is 6.23. The van der Waals surface area contributed by atoms with Crippen molar-refractivity contribution in [3.8, 4) is 0 Å². The molecule has 0 saturated carbocycles. The normalized spacial score (nSPS) is 23.6. The minimum Gasteiger partial charge on any atom is -0.392 e. The van der Waals surface area contributed by atoms with Gasteiger partial charge in [0, 0.05) is 6.54 Å². The van der Waals surface area contributed by atoms with Crippen LogP contribution in [0.1, 0.15) is 51.9 Å². The van der Waals surface area contributed by atoms with E-state index in [0.29, 0.717) is 0 Å². The SMILES string of the molecule is CC[C@@H](O)CN1CCCCCCCC1. The van der Waals surface area contributed by atoms with Crippen molar-refractivity contribution in [3.05, 3.63) is 0 Å². The van der Waals surface area contributed by atoms with Crippen LogP contribution in [0.15, 0.2) is 0 Å². The van der Waals surface area contributed by atoms with E-state index < -0.39 is 0 Å². The lowest BCUT2D eigenvalue weighted by atomic mass is 10.1. The van der Waals surface area contributed by atoms with Gasteiger partial charge in [-0.25, -0.2) is 0 Å². The zero-order valence-electron chi connectivity index (χ0n) is 9.54. The zero-order valence-corrected chi connectivity index (χ0v) is 9.54. The molecule has 0 amide bonds. The lowest BCUT2D eigenvalue weighted by molar-refractivity contribution is 0.108. The molecule has 0 radical (unpaired) electrons. The van der Waals surface area contributed by atoms with Crippen molar-refractivity contribution in [2.24, 2.45) is 0 Å². The molecular formula is C12H25NO. The van der Waals surface area contributed by atoms with Crippen LogP contribution >= 0.6 is 0 Å². The molecule has 0 aromatic rings. The number of aliphatic hydroxyl groups is 1. The number of hydrogen-bond donors (Lipinski definition) is 1. The maximum absolute atomic E-state index is 9.60. The first-order valence-electron chi connectivity index (χ1n) is 6.23. The van der Waals surface area contributed by atoms with Gasteiger partial charge in [0.2, 0.25) is 0 Å². The van der Waals surface area contributed by atoms with Gasteiger partial charge < -0.3 is 10.0 Å². The Morgan fingerprint density at radius 2 is 1.50 bits per heavy atom. The number of hydrogen-bond acceptors (Lipinski definition) is 2. The van der Waals surface area contributed by atoms with Crippen molar-refractivity contribution >= 4 is 0 Å². The van der Waals surface area contributed by atoms with E-state index in [0.717, 1.165) is 13.0 Å². The number of β-amino-alcohol motifs (C(OH)–C–C–N with tert-alkyl or cyclic N) is 1. The minimum atomic E-state index is -0.115. The van der Waals surface area contributed by atoms with Crippen molar-refractivity contribution in [2.75, 3.05) is 19.6 Å². The van der Waals surface area contributed by atoms with E-state index in [1.807, 2.05) is 0 Å². The Labute approximate surface area is 88.3 Å². The molecule has 1 aliphatic rings. The fourth-order valence-electron chi connectivity index (χ4n) is 2.10. The first-order chi connectivity index (χ1) is 6.83. The molecule has 1 heterocycles. The van der Waals surface area contributed by atoms with Gasteiger partial charge in [-0.15, -0.1) is 0 Å². The van der Waals surface area contributed by atoms with Crippen LogP contribution in [-0.4, -0.2) is 35.7 Å².